The average Bonchev–Trinajstić information content (AvgIpc) is 3.38. The van der Waals surface area contributed by atoms with Crippen molar-refractivity contribution in [2.45, 2.75) is 17.1 Å². The highest BCUT2D eigenvalue weighted by molar-refractivity contribution is 7.92. The van der Waals surface area contributed by atoms with Crippen molar-refractivity contribution in [3.05, 3.63) is 111 Å². The summed E-state index contributed by atoms with van der Waals surface area (Å²) in [5.41, 5.74) is 1.11. The van der Waals surface area contributed by atoms with Crippen LogP contribution >= 0.6 is 23.2 Å². The van der Waals surface area contributed by atoms with Gasteiger partial charge in [-0.2, -0.15) is 8.42 Å². The van der Waals surface area contributed by atoms with Crippen molar-refractivity contribution in [1.29, 1.82) is 0 Å². The molecule has 0 radical (unpaired) electrons. The lowest BCUT2D eigenvalue weighted by Gasteiger charge is -2.28. The smallest absolute Gasteiger partial charge is 0.285 e. The predicted molar refractivity (Wildman–Crippen MR) is 127 cm³/mol. The van der Waals surface area contributed by atoms with Gasteiger partial charge in [0.25, 0.3) is 15.6 Å². The van der Waals surface area contributed by atoms with E-state index in [2.05, 4.69) is 4.98 Å². The molecular formula is C23H18Cl2N4O3S. The Labute approximate surface area is 200 Å². The van der Waals surface area contributed by atoms with Gasteiger partial charge >= 0.3 is 0 Å². The van der Waals surface area contributed by atoms with Gasteiger partial charge in [0.2, 0.25) is 0 Å². The second-order valence-corrected chi connectivity index (χ2v) is 10.4. The fraction of sp³-hybridized carbons (Fsp3) is 0.130. The Morgan fingerprint density at radius 1 is 0.848 bits per heavy atom. The van der Waals surface area contributed by atoms with Gasteiger partial charge in [0.15, 0.2) is 5.03 Å². The summed E-state index contributed by atoms with van der Waals surface area (Å²) in [6.07, 6.45) is 2.87. The summed E-state index contributed by atoms with van der Waals surface area (Å²) in [6, 6.07) is 17.2. The van der Waals surface area contributed by atoms with Crippen molar-refractivity contribution in [1.82, 2.24) is 14.1 Å². The van der Waals surface area contributed by atoms with Gasteiger partial charge in [-0.15, -0.1) is 0 Å². The van der Waals surface area contributed by atoms with Crippen LogP contribution < -0.4 is 9.86 Å². The second kappa shape index (κ2) is 8.06. The molecule has 4 aromatic rings. The summed E-state index contributed by atoms with van der Waals surface area (Å²) in [6.45, 7) is 0. The number of hydrogen-bond acceptors (Lipinski definition) is 4. The van der Waals surface area contributed by atoms with Crippen LogP contribution in [0, 0.1) is 0 Å². The number of pyridine rings is 1. The summed E-state index contributed by atoms with van der Waals surface area (Å²) < 4.78 is 32.1. The van der Waals surface area contributed by atoms with Crippen molar-refractivity contribution in [2.24, 2.45) is 7.05 Å². The molecule has 33 heavy (non-hydrogen) atoms. The molecule has 0 fully saturated rings. The molecule has 5 rings (SSSR count). The van der Waals surface area contributed by atoms with E-state index in [1.807, 2.05) is 0 Å². The van der Waals surface area contributed by atoms with E-state index in [0.29, 0.717) is 15.6 Å². The molecule has 0 amide bonds. The van der Waals surface area contributed by atoms with Crippen LogP contribution in [0.25, 0.3) is 0 Å². The minimum atomic E-state index is -4.12. The maximum Gasteiger partial charge on any atom is 0.285 e. The Morgan fingerprint density at radius 2 is 1.42 bits per heavy atom. The highest BCUT2D eigenvalue weighted by Gasteiger charge is 2.47. The van der Waals surface area contributed by atoms with Gasteiger partial charge in [0.1, 0.15) is 5.82 Å². The lowest BCUT2D eigenvalue weighted by atomic mass is 9.94. The highest BCUT2D eigenvalue weighted by atomic mass is 35.5. The first-order valence-corrected chi connectivity index (χ1v) is 12.2. The van der Waals surface area contributed by atoms with Crippen LogP contribution in [0.15, 0.2) is 89.1 Å². The van der Waals surface area contributed by atoms with Crippen molar-refractivity contribution < 1.29 is 8.42 Å². The topological polar surface area (TPSA) is 77.2 Å². The third-order valence-corrected chi connectivity index (χ3v) is 7.83. The Bertz CT molecular complexity index is 1500. The maximum absolute atomic E-state index is 13.9. The molecule has 0 unspecified atom stereocenters. The largest absolute Gasteiger partial charge is 0.339 e. The first-order chi connectivity index (χ1) is 15.8. The molecular weight excluding hydrogens is 483 g/mol. The van der Waals surface area contributed by atoms with E-state index in [1.165, 1.54) is 27.5 Å². The van der Waals surface area contributed by atoms with Crippen LogP contribution in [-0.4, -0.2) is 22.5 Å². The van der Waals surface area contributed by atoms with Gasteiger partial charge in [-0.25, -0.2) is 9.29 Å². The molecule has 7 nitrogen and oxygen atoms in total. The zero-order valence-electron chi connectivity index (χ0n) is 17.3. The van der Waals surface area contributed by atoms with E-state index < -0.39 is 22.1 Å². The number of aromatic nitrogens is 3. The molecule has 3 heterocycles. The van der Waals surface area contributed by atoms with Crippen LogP contribution in [0.5, 0.6) is 0 Å². The number of sulfonamides is 1. The van der Waals surface area contributed by atoms with Gasteiger partial charge in [-0.1, -0.05) is 53.5 Å². The van der Waals surface area contributed by atoms with Crippen molar-refractivity contribution >= 4 is 39.0 Å². The van der Waals surface area contributed by atoms with Gasteiger partial charge in [-0.05, 0) is 41.5 Å². The highest BCUT2D eigenvalue weighted by Crippen LogP contribution is 2.48. The van der Waals surface area contributed by atoms with E-state index in [9.17, 15) is 13.2 Å². The molecule has 0 saturated heterocycles. The van der Waals surface area contributed by atoms with Gasteiger partial charge in [0, 0.05) is 29.4 Å². The van der Waals surface area contributed by atoms with Gasteiger partial charge < -0.3 is 4.57 Å². The van der Waals surface area contributed by atoms with Crippen molar-refractivity contribution in [3.63, 3.8) is 0 Å². The van der Waals surface area contributed by atoms with Crippen LogP contribution in [-0.2, 0) is 17.1 Å². The predicted octanol–water partition coefficient (Wildman–Crippen LogP) is 4.43. The molecule has 0 N–H and O–H groups in total. The molecule has 1 aliphatic rings. The van der Waals surface area contributed by atoms with E-state index in [1.54, 1.807) is 72.3 Å². The lowest BCUT2D eigenvalue weighted by molar-refractivity contribution is 0.528. The molecule has 10 heteroatoms. The van der Waals surface area contributed by atoms with Crippen molar-refractivity contribution in [2.75, 3.05) is 4.31 Å². The molecule has 0 aliphatic carbocycles. The monoisotopic (exact) mass is 500 g/mol. The number of halogens is 2. The normalized spacial score (nSPS) is 17.8. The molecule has 168 valence electrons. The molecule has 2 atom stereocenters. The lowest BCUT2D eigenvalue weighted by Crippen LogP contribution is -2.34. The molecule has 2 aromatic heterocycles. The van der Waals surface area contributed by atoms with E-state index >= 15 is 0 Å². The number of aryl methyl sites for hydroxylation is 1. The van der Waals surface area contributed by atoms with Crippen LogP contribution in [0.2, 0.25) is 10.0 Å². The van der Waals surface area contributed by atoms with E-state index in [-0.39, 0.29) is 16.4 Å². The second-order valence-electron chi connectivity index (χ2n) is 7.76. The number of rotatable bonds is 4. The molecule has 0 spiro atoms. The van der Waals surface area contributed by atoms with Crippen molar-refractivity contribution in [3.8, 4) is 0 Å². The first-order valence-electron chi connectivity index (χ1n) is 10.0. The fourth-order valence-corrected chi connectivity index (χ4v) is 6.09. The third kappa shape index (κ3) is 3.64. The fourth-order valence-electron chi connectivity index (χ4n) is 4.23. The zero-order chi connectivity index (χ0) is 23.3. The van der Waals surface area contributed by atoms with Crippen LogP contribution in [0.4, 0.5) is 5.82 Å². The molecule has 0 bridgehead atoms. The van der Waals surface area contributed by atoms with Crippen LogP contribution in [0.3, 0.4) is 0 Å². The Balaban J connectivity index is 1.81. The van der Waals surface area contributed by atoms with E-state index in [0.717, 1.165) is 5.56 Å². The number of hydrogen-bond donors (Lipinski definition) is 0. The zero-order valence-corrected chi connectivity index (χ0v) is 19.7. The Hall–Kier alpha value is -3.07. The first kappa shape index (κ1) is 21.8. The number of fused-ring (bicyclic) bond motifs is 1. The minimum absolute atomic E-state index is 0.108. The average molecular weight is 501 g/mol. The van der Waals surface area contributed by atoms with Crippen LogP contribution in [0.1, 0.15) is 23.2 Å². The summed E-state index contributed by atoms with van der Waals surface area (Å²) in [5.74, 6) is 0.257. The quantitative estimate of drug-likeness (QED) is 0.415. The summed E-state index contributed by atoms with van der Waals surface area (Å²) in [5, 5.41) is 0.954. The number of imidazole rings is 1. The molecule has 2 aromatic carbocycles. The third-order valence-electron chi connectivity index (χ3n) is 5.65. The standard InChI is InChI=1S/C23H18Cl2N4O3S/c1-27-13-19(26-14-27)33(31,32)29-20-3-2-4-21(30)28(20)22(15-5-9-17(24)10-6-15)23(29)16-7-11-18(25)12-8-16/h2-14,22-23H,1H3/t22-,23+/m1/s1. The number of anilines is 1. The maximum atomic E-state index is 13.9. The van der Waals surface area contributed by atoms with Gasteiger partial charge in [0.05, 0.1) is 18.4 Å². The number of nitrogens with zero attached hydrogens (tertiary/aromatic N) is 4. The summed E-state index contributed by atoms with van der Waals surface area (Å²) in [7, 11) is -2.43. The summed E-state index contributed by atoms with van der Waals surface area (Å²) >= 11 is 12.2. The summed E-state index contributed by atoms with van der Waals surface area (Å²) in [4.78, 5) is 17.2. The molecule has 1 aliphatic heterocycles. The van der Waals surface area contributed by atoms with Gasteiger partial charge in [-0.3, -0.25) is 9.36 Å². The number of benzene rings is 2. The molecule has 0 saturated carbocycles. The van der Waals surface area contributed by atoms with E-state index in [4.69, 9.17) is 23.2 Å². The Kier molecular flexibility index (Phi) is 5.31. The Morgan fingerprint density at radius 3 is 1.97 bits per heavy atom. The minimum Gasteiger partial charge on any atom is -0.339 e. The SMILES string of the molecule is Cn1cnc(S(=O)(=O)N2c3cccc(=O)n3[C@H](c3ccc(Cl)cc3)[C@@H]2c2ccc(Cl)cc2)c1.